The average Bonchev–Trinajstić information content (AvgIpc) is 3.29. The number of para-hydroxylation sites is 2. The van der Waals surface area contributed by atoms with Crippen molar-refractivity contribution in [2.45, 2.75) is 6.92 Å². The molecule has 0 radical (unpaired) electrons. The molecule has 0 spiro atoms. The number of aryl methyl sites for hydroxylation is 1. The molecule has 3 heterocycles. The first-order valence-corrected chi connectivity index (χ1v) is 12.1. The van der Waals surface area contributed by atoms with Crippen molar-refractivity contribution in [1.82, 2.24) is 4.90 Å². The van der Waals surface area contributed by atoms with Crippen molar-refractivity contribution in [2.24, 2.45) is 12.0 Å². The van der Waals surface area contributed by atoms with Crippen molar-refractivity contribution < 1.29 is 21.8 Å². The Morgan fingerprint density at radius 1 is 1.06 bits per heavy atom. The number of benzene rings is 2. The number of carbonyl (C=O) groups is 1. The Morgan fingerprint density at radius 2 is 1.82 bits per heavy atom. The van der Waals surface area contributed by atoms with Crippen LogP contribution in [-0.2, 0) is 11.8 Å². The summed E-state index contributed by atoms with van der Waals surface area (Å²) >= 11 is 3.07. The number of thioether (sulfide) groups is 1. The summed E-state index contributed by atoms with van der Waals surface area (Å²) in [5.74, 6) is -0.000272. The number of fused-ring (bicyclic) bond motifs is 2. The summed E-state index contributed by atoms with van der Waals surface area (Å²) < 4.78 is 3.26. The second kappa shape index (κ2) is 9.55. The van der Waals surface area contributed by atoms with Crippen LogP contribution >= 0.6 is 23.1 Å². The number of hydrogen-bond acceptors (Lipinski definition) is 5. The maximum atomic E-state index is 13.0. The number of halogens is 1. The normalized spacial score (nSPS) is 19.1. The van der Waals surface area contributed by atoms with Crippen molar-refractivity contribution in [3.63, 3.8) is 0 Å². The smallest absolute Gasteiger partial charge is 0.385 e. The van der Waals surface area contributed by atoms with Crippen LogP contribution in [0.25, 0.3) is 16.3 Å². The Balaban J connectivity index is 0.00000259. The lowest BCUT2D eigenvalue weighted by atomic mass is 10.1. The van der Waals surface area contributed by atoms with E-state index in [1.807, 2.05) is 57.4 Å². The summed E-state index contributed by atoms with van der Waals surface area (Å²) in [4.78, 5) is 22.5. The van der Waals surface area contributed by atoms with Crippen molar-refractivity contribution in [3.8, 4) is 0 Å². The minimum absolute atomic E-state index is 0. The molecule has 0 atom stereocenters. The standard InChI is InChI=1S/C25H23N4OS2.ClH/c1-4-29-23(30)22(16-15-18-14-13-17-9-5-6-10-19(17)27(18)2)32-25(29)26-24-28(3)20-11-7-8-12-21(20)31-24;/h5-16H,4H2,1-3H3;1H/q+1;/p-1/b18-15-,22-16-;. The highest BCUT2D eigenvalue weighted by atomic mass is 35.5. The molecule has 1 fully saturated rings. The quantitative estimate of drug-likeness (QED) is 0.414. The van der Waals surface area contributed by atoms with E-state index in [9.17, 15) is 4.79 Å². The molecule has 2 aliphatic heterocycles. The topological polar surface area (TPSA) is 39.8 Å². The van der Waals surface area contributed by atoms with Gasteiger partial charge in [0.25, 0.3) is 11.1 Å². The summed E-state index contributed by atoms with van der Waals surface area (Å²) in [6.07, 6.45) is 8.10. The minimum atomic E-state index is -0.000272. The third kappa shape index (κ3) is 4.24. The van der Waals surface area contributed by atoms with Gasteiger partial charge in [-0.25, -0.2) is 4.57 Å². The molecule has 0 bridgehead atoms. The van der Waals surface area contributed by atoms with Gasteiger partial charge in [0.05, 0.1) is 16.7 Å². The van der Waals surface area contributed by atoms with E-state index in [4.69, 9.17) is 4.99 Å². The van der Waals surface area contributed by atoms with Crippen molar-refractivity contribution >= 4 is 61.3 Å². The molecule has 3 aromatic rings. The minimum Gasteiger partial charge on any atom is -1.00 e. The van der Waals surface area contributed by atoms with E-state index in [1.165, 1.54) is 22.0 Å². The number of thiazole rings is 1. The zero-order chi connectivity index (χ0) is 22.2. The molecule has 0 aliphatic carbocycles. The van der Waals surface area contributed by atoms with Gasteiger partial charge in [0, 0.05) is 25.0 Å². The van der Waals surface area contributed by atoms with Gasteiger partial charge >= 0.3 is 5.13 Å². The van der Waals surface area contributed by atoms with Gasteiger partial charge in [-0.15, -0.1) is 0 Å². The molecule has 1 saturated heterocycles. The number of nitrogens with zero attached hydrogens (tertiary/aromatic N) is 4. The van der Waals surface area contributed by atoms with Crippen LogP contribution in [0.5, 0.6) is 0 Å². The third-order valence-corrected chi connectivity index (χ3v) is 7.77. The average molecular weight is 495 g/mol. The number of amides is 1. The Morgan fingerprint density at radius 3 is 2.61 bits per heavy atom. The summed E-state index contributed by atoms with van der Waals surface area (Å²) in [6.45, 7) is 2.56. The molecule has 168 valence electrons. The van der Waals surface area contributed by atoms with Gasteiger partial charge < -0.3 is 17.3 Å². The van der Waals surface area contributed by atoms with E-state index in [0.717, 1.165) is 27.2 Å². The molecule has 5 nitrogen and oxygen atoms in total. The number of carbonyl (C=O) groups excluding carboxylic acids is 1. The van der Waals surface area contributed by atoms with E-state index in [-0.39, 0.29) is 18.3 Å². The van der Waals surface area contributed by atoms with Crippen LogP contribution in [0.3, 0.4) is 0 Å². The van der Waals surface area contributed by atoms with Gasteiger partial charge in [-0.2, -0.15) is 0 Å². The van der Waals surface area contributed by atoms with Crippen molar-refractivity contribution in [1.29, 1.82) is 0 Å². The predicted molar refractivity (Wildman–Crippen MR) is 135 cm³/mol. The lowest BCUT2D eigenvalue weighted by Gasteiger charge is -2.26. The Kier molecular flexibility index (Phi) is 6.74. The van der Waals surface area contributed by atoms with Gasteiger partial charge in [-0.1, -0.05) is 36.4 Å². The molecule has 0 N–H and O–H groups in total. The number of likely N-dealkylation sites (N-methyl/N-ethyl adjacent to an activating group) is 2. The Hall–Kier alpha value is -2.87. The van der Waals surface area contributed by atoms with E-state index in [0.29, 0.717) is 11.4 Å². The van der Waals surface area contributed by atoms with E-state index < -0.39 is 0 Å². The molecular weight excluding hydrogens is 472 g/mol. The molecule has 1 amide bonds. The Labute approximate surface area is 207 Å². The van der Waals surface area contributed by atoms with E-state index in [2.05, 4.69) is 45.9 Å². The zero-order valence-electron chi connectivity index (χ0n) is 18.5. The summed E-state index contributed by atoms with van der Waals surface area (Å²) in [7, 11) is 4.06. The molecule has 1 aromatic heterocycles. The van der Waals surface area contributed by atoms with Crippen molar-refractivity contribution in [3.05, 3.63) is 82.9 Å². The van der Waals surface area contributed by atoms with Crippen LogP contribution in [-0.4, -0.2) is 29.6 Å². The molecule has 33 heavy (non-hydrogen) atoms. The number of aliphatic imine (C=N–C) groups is 1. The number of hydrogen-bond donors (Lipinski definition) is 0. The fourth-order valence-electron chi connectivity index (χ4n) is 3.84. The number of amidine groups is 1. The SMILES string of the molecule is CCN1C(=O)/C(=C/C=C2/C=Cc3ccccc3N2C)SC1=Nc1sc2ccccc2[n+]1C.[Cl-]. The first kappa shape index (κ1) is 23.3. The van der Waals surface area contributed by atoms with Crippen LogP contribution in [0, 0.1) is 0 Å². The number of rotatable bonds is 3. The molecule has 2 aliphatic rings. The molecule has 0 unspecified atom stereocenters. The van der Waals surface area contributed by atoms with Gasteiger partial charge in [-0.3, -0.25) is 9.69 Å². The van der Waals surface area contributed by atoms with Gasteiger partial charge in [0.15, 0.2) is 0 Å². The monoisotopic (exact) mass is 494 g/mol. The first-order valence-electron chi connectivity index (χ1n) is 10.5. The summed E-state index contributed by atoms with van der Waals surface area (Å²) in [5.41, 5.74) is 4.52. The summed E-state index contributed by atoms with van der Waals surface area (Å²) in [6, 6.07) is 16.5. The molecule has 2 aromatic carbocycles. The second-order valence-electron chi connectivity index (χ2n) is 7.53. The Bertz CT molecular complexity index is 1360. The fourth-order valence-corrected chi connectivity index (χ4v) is 5.91. The van der Waals surface area contributed by atoms with Crippen LogP contribution in [0.15, 0.2) is 82.4 Å². The maximum absolute atomic E-state index is 13.0. The number of anilines is 1. The second-order valence-corrected chi connectivity index (χ2v) is 9.55. The highest BCUT2D eigenvalue weighted by molar-refractivity contribution is 8.18. The molecular formula is C25H23ClN4OS2. The van der Waals surface area contributed by atoms with Crippen LogP contribution in [0.4, 0.5) is 10.8 Å². The molecule has 0 saturated carbocycles. The van der Waals surface area contributed by atoms with Gasteiger partial charge in [0.1, 0.15) is 5.52 Å². The number of aromatic nitrogens is 1. The predicted octanol–water partition coefficient (Wildman–Crippen LogP) is 2.24. The largest absolute Gasteiger partial charge is 1.00 e. The third-order valence-electron chi connectivity index (χ3n) is 5.63. The molecule has 8 heteroatoms. The fraction of sp³-hybridized carbons (Fsp3) is 0.160. The summed E-state index contributed by atoms with van der Waals surface area (Å²) in [5, 5.41) is 1.60. The van der Waals surface area contributed by atoms with Crippen molar-refractivity contribution in [2.75, 3.05) is 18.5 Å². The first-order chi connectivity index (χ1) is 15.6. The van der Waals surface area contributed by atoms with Crippen LogP contribution in [0.1, 0.15) is 12.5 Å². The van der Waals surface area contributed by atoms with Gasteiger partial charge in [0.2, 0.25) is 0 Å². The van der Waals surface area contributed by atoms with E-state index >= 15 is 0 Å². The molecule has 5 rings (SSSR count). The van der Waals surface area contributed by atoms with Gasteiger partial charge in [-0.05, 0) is 77.0 Å². The highest BCUT2D eigenvalue weighted by Gasteiger charge is 2.36. The van der Waals surface area contributed by atoms with Crippen LogP contribution in [0.2, 0.25) is 0 Å². The lowest BCUT2D eigenvalue weighted by Crippen LogP contribution is -3.00. The zero-order valence-corrected chi connectivity index (χ0v) is 20.9. The number of allylic oxidation sites excluding steroid dienone is 3. The van der Waals surface area contributed by atoms with E-state index in [1.54, 1.807) is 16.2 Å². The van der Waals surface area contributed by atoms with Crippen LogP contribution < -0.4 is 21.9 Å². The highest BCUT2D eigenvalue weighted by Crippen LogP contribution is 2.35. The lowest BCUT2D eigenvalue weighted by molar-refractivity contribution is -0.627. The maximum Gasteiger partial charge on any atom is 0.385 e.